The summed E-state index contributed by atoms with van der Waals surface area (Å²) in [4.78, 5) is 62.2. The maximum Gasteiger partial charge on any atom is 0.417 e. The molecule has 0 saturated heterocycles. The molecule has 27 heteroatoms. The highest BCUT2D eigenvalue weighted by Crippen LogP contribution is 2.41. The molecule has 9 N–H and O–H groups in total. The molecule has 2 aromatic heterocycles. The van der Waals surface area contributed by atoms with Gasteiger partial charge in [0, 0.05) is 28.6 Å². The van der Waals surface area contributed by atoms with Crippen LogP contribution in [0.25, 0.3) is 0 Å². The van der Waals surface area contributed by atoms with Crippen molar-refractivity contribution in [2.75, 3.05) is 27.4 Å². The minimum atomic E-state index is -4.67. The maximum absolute atomic E-state index is 13.7. The number of pyridine rings is 1. The third-order valence-electron chi connectivity index (χ3n) is 8.11. The van der Waals surface area contributed by atoms with Crippen molar-refractivity contribution in [3.8, 4) is 11.6 Å². The molecule has 2 heterocycles. The number of nitrogens with one attached hydrogen (secondary N) is 5. The smallest absolute Gasteiger partial charge is 0.417 e. The third-order valence-corrected chi connectivity index (χ3v) is 9.19. The Hall–Kier alpha value is -7.21. The van der Waals surface area contributed by atoms with Gasteiger partial charge in [-0.3, -0.25) is 20.2 Å². The highest BCUT2D eigenvalue weighted by atomic mass is 35.5. The molecule has 6 amide bonds. The Labute approximate surface area is 392 Å². The van der Waals surface area contributed by atoms with E-state index >= 15 is 0 Å². The van der Waals surface area contributed by atoms with Gasteiger partial charge in [0.05, 0.1) is 15.6 Å². The fraction of sp³-hybridized carbons (Fsp3) is 0.100. The van der Waals surface area contributed by atoms with E-state index in [0.29, 0.717) is 35.0 Å². The number of benzene rings is 4. The summed E-state index contributed by atoms with van der Waals surface area (Å²) in [6, 6.07) is 13.0. The number of alkyl halides is 3. The second-order valence-corrected chi connectivity index (χ2v) is 14.8. The van der Waals surface area contributed by atoms with E-state index in [1.165, 1.54) is 24.3 Å². The van der Waals surface area contributed by atoms with Crippen LogP contribution in [0, 0.1) is 23.3 Å². The first kappa shape index (κ1) is 50.8. The zero-order valence-electron chi connectivity index (χ0n) is 33.2. The van der Waals surface area contributed by atoms with Gasteiger partial charge in [0.15, 0.2) is 5.75 Å². The SMILES string of the molecule is Nc1nc(N)nc(NC2CC2)n1.O=C(NC(=O)c1c(F)cccc1F)Nc1cc(Cl)c(Oc2ncc(C(F)(F)F)cc2Cl)c(Cl)c1.O=C(NC(=O)c1c(F)cccc1F)Nc1ccc(Cl)cc1. The van der Waals surface area contributed by atoms with Gasteiger partial charge in [0.2, 0.25) is 23.7 Å². The zero-order valence-corrected chi connectivity index (χ0v) is 36.2. The summed E-state index contributed by atoms with van der Waals surface area (Å²) in [6.45, 7) is 0. The van der Waals surface area contributed by atoms with Gasteiger partial charge >= 0.3 is 18.2 Å². The Bertz CT molecular complexity index is 2750. The van der Waals surface area contributed by atoms with Crippen molar-refractivity contribution in [2.45, 2.75) is 25.1 Å². The normalized spacial score (nSPS) is 11.7. The van der Waals surface area contributed by atoms with Gasteiger partial charge in [-0.05, 0) is 79.6 Å². The molecule has 16 nitrogen and oxygen atoms in total. The minimum absolute atomic E-state index is 0.0619. The van der Waals surface area contributed by atoms with Gasteiger partial charge in [-0.25, -0.2) is 32.1 Å². The topological polar surface area (TPSA) is 241 Å². The van der Waals surface area contributed by atoms with Crippen LogP contribution in [-0.2, 0) is 6.18 Å². The third kappa shape index (κ3) is 14.9. The molecular weight excluding hydrogens is 989 g/mol. The van der Waals surface area contributed by atoms with Crippen molar-refractivity contribution < 1.29 is 54.6 Å². The van der Waals surface area contributed by atoms with Gasteiger partial charge in [-0.1, -0.05) is 58.5 Å². The Morgan fingerprint density at radius 3 is 1.54 bits per heavy atom. The first-order chi connectivity index (χ1) is 31.6. The first-order valence-electron chi connectivity index (χ1n) is 18.4. The van der Waals surface area contributed by atoms with E-state index in [-0.39, 0.29) is 33.4 Å². The lowest BCUT2D eigenvalue weighted by Crippen LogP contribution is -2.35. The molecule has 0 bridgehead atoms. The second kappa shape index (κ2) is 22.3. The van der Waals surface area contributed by atoms with Crippen LogP contribution in [0.2, 0.25) is 20.1 Å². The number of carbonyl (C=O) groups excluding carboxylic acids is 4. The molecule has 6 aromatic rings. The number of aromatic nitrogens is 4. The lowest BCUT2D eigenvalue weighted by atomic mass is 10.2. The summed E-state index contributed by atoms with van der Waals surface area (Å²) in [5, 5.41) is 10.7. The van der Waals surface area contributed by atoms with E-state index in [9.17, 15) is 49.9 Å². The van der Waals surface area contributed by atoms with Gasteiger partial charge < -0.3 is 32.2 Å². The van der Waals surface area contributed by atoms with Crippen molar-refractivity contribution in [1.29, 1.82) is 0 Å². The van der Waals surface area contributed by atoms with Gasteiger partial charge in [-0.2, -0.15) is 28.1 Å². The Morgan fingerprint density at radius 1 is 0.642 bits per heavy atom. The standard InChI is InChI=1S/C20H9Cl3F5N3O3.C14H9ClF2N2O2.C6H10N6/c21-10-5-9(30-19(33)31-17(32)15-13(24)2-1-3-14(15)25)6-11(22)16(10)34-18-12(23)4-8(7-29-18)20(26,27)28;15-8-4-6-9(7-5-8)18-14(21)19-13(20)12-10(16)2-1-3-11(12)17;7-4-10-5(8)12-6(11-4)9-3-1-2-3/h1-7H,(H2,30,31,32,33);1-7H,(H2,18,19,20,21);3H,1-2H2,(H5,7,8,9,10,11,12). The van der Waals surface area contributed by atoms with E-state index in [0.717, 1.165) is 61.4 Å². The fourth-order valence-corrected chi connectivity index (χ4v) is 5.88. The molecule has 0 unspecified atom stereocenters. The lowest BCUT2D eigenvalue weighted by Gasteiger charge is -2.14. The molecule has 1 saturated carbocycles. The number of hydrogen-bond donors (Lipinski definition) is 7. The fourth-order valence-electron chi connectivity index (χ4n) is 4.98. The first-order valence-corrected chi connectivity index (χ1v) is 19.9. The molecule has 0 spiro atoms. The average Bonchev–Trinajstić information content (AvgIpc) is 4.04. The van der Waals surface area contributed by atoms with Crippen LogP contribution in [0.3, 0.4) is 0 Å². The minimum Gasteiger partial charge on any atom is -0.434 e. The highest BCUT2D eigenvalue weighted by Gasteiger charge is 2.32. The quantitative estimate of drug-likeness (QED) is 0.0705. The average molecular weight is 1020 g/mol. The largest absolute Gasteiger partial charge is 0.434 e. The summed E-state index contributed by atoms with van der Waals surface area (Å²) in [5.41, 5.74) is 8.18. The van der Waals surface area contributed by atoms with Crippen molar-refractivity contribution >= 4 is 99.5 Å². The molecule has 4 aromatic carbocycles. The summed E-state index contributed by atoms with van der Waals surface area (Å²) < 4.78 is 97.6. The van der Waals surface area contributed by atoms with E-state index in [1.54, 1.807) is 5.32 Å². The van der Waals surface area contributed by atoms with Crippen LogP contribution < -0.4 is 42.8 Å². The van der Waals surface area contributed by atoms with Crippen LogP contribution in [0.5, 0.6) is 11.6 Å². The Morgan fingerprint density at radius 2 is 1.10 bits per heavy atom. The molecular formula is C40H28Cl4F7N11O5. The molecule has 67 heavy (non-hydrogen) atoms. The number of imide groups is 2. The molecule has 0 radical (unpaired) electrons. The van der Waals surface area contributed by atoms with E-state index in [2.05, 4.69) is 35.9 Å². The molecule has 1 aliphatic rings. The molecule has 350 valence electrons. The molecule has 1 aliphatic carbocycles. The van der Waals surface area contributed by atoms with Crippen LogP contribution >= 0.6 is 46.4 Å². The number of hydrogen-bond acceptors (Lipinski definition) is 12. The molecule has 7 rings (SSSR count). The van der Waals surface area contributed by atoms with Crippen LogP contribution in [0.4, 0.5) is 69.5 Å². The van der Waals surface area contributed by atoms with Crippen LogP contribution in [0.15, 0.2) is 85.1 Å². The van der Waals surface area contributed by atoms with E-state index < -0.39 is 80.9 Å². The number of urea groups is 2. The van der Waals surface area contributed by atoms with Crippen LogP contribution in [-0.4, -0.2) is 49.9 Å². The molecule has 0 aliphatic heterocycles. The number of anilines is 5. The Balaban J connectivity index is 0.000000214. The van der Waals surface area contributed by atoms with Gasteiger partial charge in [-0.15, -0.1) is 0 Å². The molecule has 0 atom stereocenters. The number of carbonyl (C=O) groups is 4. The second-order valence-electron chi connectivity index (χ2n) is 13.2. The van der Waals surface area contributed by atoms with Crippen molar-refractivity contribution in [3.05, 3.63) is 145 Å². The summed E-state index contributed by atoms with van der Waals surface area (Å²) >= 11 is 23.6. The predicted molar refractivity (Wildman–Crippen MR) is 233 cm³/mol. The monoisotopic (exact) mass is 1020 g/mol. The van der Waals surface area contributed by atoms with Crippen molar-refractivity contribution in [2.24, 2.45) is 0 Å². The number of nitrogens with zero attached hydrogens (tertiary/aromatic N) is 4. The number of ether oxygens (including phenoxy) is 1. The summed E-state index contributed by atoms with van der Waals surface area (Å²) in [7, 11) is 0. The van der Waals surface area contributed by atoms with E-state index in [4.69, 9.17) is 62.6 Å². The number of nitrogens with two attached hydrogens (primary N) is 2. The van der Waals surface area contributed by atoms with E-state index in [1.807, 2.05) is 5.32 Å². The zero-order chi connectivity index (χ0) is 49.2. The van der Waals surface area contributed by atoms with Crippen molar-refractivity contribution in [3.63, 3.8) is 0 Å². The predicted octanol–water partition coefficient (Wildman–Crippen LogP) is 10.3. The van der Waals surface area contributed by atoms with Crippen molar-refractivity contribution in [1.82, 2.24) is 30.6 Å². The molecule has 1 fully saturated rings. The van der Waals surface area contributed by atoms with Crippen LogP contribution in [0.1, 0.15) is 39.1 Å². The van der Waals surface area contributed by atoms with Gasteiger partial charge in [0.25, 0.3) is 11.8 Å². The number of amides is 6. The lowest BCUT2D eigenvalue weighted by molar-refractivity contribution is -0.137. The summed E-state index contributed by atoms with van der Waals surface area (Å²) in [6.07, 6.45) is -1.85. The summed E-state index contributed by atoms with van der Waals surface area (Å²) in [5.74, 6) is -6.83. The highest BCUT2D eigenvalue weighted by molar-refractivity contribution is 6.38. The Kier molecular flexibility index (Phi) is 16.9. The number of rotatable bonds is 8. The van der Waals surface area contributed by atoms with Gasteiger partial charge in [0.1, 0.15) is 39.4 Å². The maximum atomic E-state index is 13.7. The number of halogens is 11. The number of nitrogen functional groups attached to an aromatic ring is 2.